The summed E-state index contributed by atoms with van der Waals surface area (Å²) < 4.78 is 54.2. The lowest BCUT2D eigenvalue weighted by molar-refractivity contribution is -0.0891. The predicted octanol–water partition coefficient (Wildman–Crippen LogP) is 2.37. The van der Waals surface area contributed by atoms with Gasteiger partial charge in [0.2, 0.25) is 10.0 Å². The van der Waals surface area contributed by atoms with Crippen LogP contribution < -0.4 is 9.46 Å². The first-order chi connectivity index (χ1) is 16.4. The number of aromatic nitrogens is 3. The van der Waals surface area contributed by atoms with Crippen LogP contribution in [-0.4, -0.2) is 60.5 Å². The van der Waals surface area contributed by atoms with Gasteiger partial charge in [-0.1, -0.05) is 11.3 Å². The smallest absolute Gasteiger partial charge is 0.241 e. The number of aliphatic hydroxyl groups excluding tert-OH is 1. The van der Waals surface area contributed by atoms with E-state index >= 15 is 0 Å². The van der Waals surface area contributed by atoms with Crippen molar-refractivity contribution in [3.05, 3.63) is 60.5 Å². The molecule has 182 valence electrons. The zero-order valence-electron chi connectivity index (χ0n) is 18.7. The molecule has 3 aromatic rings. The highest BCUT2D eigenvalue weighted by Crippen LogP contribution is 2.25. The number of hydrogen-bond acceptors (Lipinski definition) is 7. The van der Waals surface area contributed by atoms with Crippen molar-refractivity contribution in [1.82, 2.24) is 19.7 Å². The molecule has 4 rings (SSSR count). The third kappa shape index (κ3) is 5.79. The Morgan fingerprint density at radius 3 is 2.76 bits per heavy atom. The monoisotopic (exact) mass is 490 g/mol. The van der Waals surface area contributed by atoms with E-state index in [2.05, 4.69) is 15.0 Å². The lowest BCUT2D eigenvalue weighted by Crippen LogP contribution is -2.50. The molecule has 0 radical (unpaired) electrons. The summed E-state index contributed by atoms with van der Waals surface area (Å²) in [6.45, 7) is 0.233. The number of halogens is 1. The van der Waals surface area contributed by atoms with E-state index in [1.54, 1.807) is 35.1 Å². The highest BCUT2D eigenvalue weighted by atomic mass is 32.2. The summed E-state index contributed by atoms with van der Waals surface area (Å²) in [7, 11) is -2.33. The molecule has 0 amide bonds. The van der Waals surface area contributed by atoms with Crippen LogP contribution in [0.25, 0.3) is 11.3 Å². The second-order valence-electron chi connectivity index (χ2n) is 8.13. The molecule has 9 nitrogen and oxygen atoms in total. The van der Waals surface area contributed by atoms with Crippen LogP contribution in [0.1, 0.15) is 19.3 Å². The molecule has 1 fully saturated rings. The van der Waals surface area contributed by atoms with Gasteiger partial charge in [-0.15, -0.1) is 5.10 Å². The van der Waals surface area contributed by atoms with Gasteiger partial charge in [0.25, 0.3) is 0 Å². The van der Waals surface area contributed by atoms with Crippen molar-refractivity contribution in [1.29, 1.82) is 0 Å². The number of nitrogens with zero attached hydrogens (tertiary/aromatic N) is 3. The van der Waals surface area contributed by atoms with Gasteiger partial charge in [-0.3, -0.25) is 4.68 Å². The molecular weight excluding hydrogens is 463 g/mol. The number of ether oxygens (including phenoxy) is 2. The topological polar surface area (TPSA) is 116 Å². The molecular formula is C23H27FN4O5S. The molecule has 2 heterocycles. The van der Waals surface area contributed by atoms with Crippen molar-refractivity contribution in [3.63, 3.8) is 0 Å². The lowest BCUT2D eigenvalue weighted by atomic mass is 9.98. The fourth-order valence-corrected chi connectivity index (χ4v) is 5.28. The Kier molecular flexibility index (Phi) is 7.57. The van der Waals surface area contributed by atoms with Gasteiger partial charge in [0.1, 0.15) is 17.3 Å². The van der Waals surface area contributed by atoms with E-state index in [0.717, 1.165) is 5.56 Å². The number of aliphatic hydroxyl groups is 1. The highest BCUT2D eigenvalue weighted by Gasteiger charge is 2.34. The summed E-state index contributed by atoms with van der Waals surface area (Å²) in [5.41, 5.74) is 1.41. The quantitative estimate of drug-likeness (QED) is 0.473. The zero-order chi connectivity index (χ0) is 24.1. The standard InChI is InChI=1S/C23H27FN4O5S/c1-32-19-3-2-4-20(13-19)34(30,31)26-21-10-9-18(33-23(21)15-29)11-12-28-14-22(25-27-28)16-5-7-17(24)8-6-16/h2-8,13-14,18,21,23,26,29H,9-12,15H2,1H3/t18-,21-,23-/m1/s1. The van der Waals surface area contributed by atoms with Gasteiger partial charge < -0.3 is 14.6 Å². The van der Waals surface area contributed by atoms with Gasteiger partial charge in [-0.25, -0.2) is 17.5 Å². The van der Waals surface area contributed by atoms with E-state index in [0.29, 0.717) is 37.3 Å². The van der Waals surface area contributed by atoms with Gasteiger partial charge in [-0.05, 0) is 55.7 Å². The zero-order valence-corrected chi connectivity index (χ0v) is 19.5. The number of aryl methyl sites for hydroxylation is 1. The van der Waals surface area contributed by atoms with Crippen LogP contribution in [-0.2, 0) is 21.3 Å². The Bertz CT molecular complexity index is 1200. The first-order valence-corrected chi connectivity index (χ1v) is 12.4. The van der Waals surface area contributed by atoms with Gasteiger partial charge in [-0.2, -0.15) is 0 Å². The van der Waals surface area contributed by atoms with Gasteiger partial charge in [0, 0.05) is 18.2 Å². The third-order valence-electron chi connectivity index (χ3n) is 5.81. The first-order valence-electron chi connectivity index (χ1n) is 11.0. The Morgan fingerprint density at radius 2 is 2.03 bits per heavy atom. The second kappa shape index (κ2) is 10.6. The Hall–Kier alpha value is -2.86. The maximum atomic E-state index is 13.1. The molecule has 34 heavy (non-hydrogen) atoms. The van der Waals surface area contributed by atoms with Crippen LogP contribution in [0.3, 0.4) is 0 Å². The number of hydrogen-bond donors (Lipinski definition) is 2. The van der Waals surface area contributed by atoms with E-state index in [1.807, 2.05) is 0 Å². The number of benzene rings is 2. The van der Waals surface area contributed by atoms with E-state index < -0.39 is 22.2 Å². The maximum Gasteiger partial charge on any atom is 0.241 e. The van der Waals surface area contributed by atoms with Crippen LogP contribution in [0.5, 0.6) is 5.75 Å². The average molecular weight is 491 g/mol. The van der Waals surface area contributed by atoms with E-state index in [4.69, 9.17) is 9.47 Å². The molecule has 1 aliphatic heterocycles. The molecule has 0 bridgehead atoms. The van der Waals surface area contributed by atoms with Gasteiger partial charge in [0.15, 0.2) is 0 Å². The van der Waals surface area contributed by atoms with Crippen molar-refractivity contribution in [2.75, 3.05) is 13.7 Å². The van der Waals surface area contributed by atoms with Gasteiger partial charge >= 0.3 is 0 Å². The fourth-order valence-electron chi connectivity index (χ4n) is 3.95. The molecule has 2 N–H and O–H groups in total. The molecule has 3 atom stereocenters. The first kappa shape index (κ1) is 24.3. The van der Waals surface area contributed by atoms with Crippen LogP contribution in [0.4, 0.5) is 4.39 Å². The molecule has 0 unspecified atom stereocenters. The molecule has 1 saturated heterocycles. The summed E-state index contributed by atoms with van der Waals surface area (Å²) in [5, 5.41) is 18.1. The molecule has 0 aliphatic carbocycles. The number of methoxy groups -OCH3 is 1. The molecule has 1 aromatic heterocycles. The van der Waals surface area contributed by atoms with Crippen LogP contribution >= 0.6 is 0 Å². The highest BCUT2D eigenvalue weighted by molar-refractivity contribution is 7.89. The summed E-state index contributed by atoms with van der Waals surface area (Å²) in [4.78, 5) is 0.0915. The number of rotatable bonds is 9. The summed E-state index contributed by atoms with van der Waals surface area (Å²) >= 11 is 0. The number of sulfonamides is 1. The molecule has 2 aromatic carbocycles. The lowest BCUT2D eigenvalue weighted by Gasteiger charge is -2.36. The van der Waals surface area contributed by atoms with Crippen LogP contribution in [0.2, 0.25) is 0 Å². The molecule has 0 saturated carbocycles. The second-order valence-corrected chi connectivity index (χ2v) is 9.84. The maximum absolute atomic E-state index is 13.1. The van der Waals surface area contributed by atoms with Crippen LogP contribution in [0.15, 0.2) is 59.6 Å². The minimum Gasteiger partial charge on any atom is -0.497 e. The SMILES string of the molecule is COc1cccc(S(=O)(=O)N[C@@H]2CC[C@H](CCn3cc(-c4ccc(F)cc4)nn3)O[C@@H]2CO)c1. The van der Waals surface area contributed by atoms with Crippen LogP contribution in [0, 0.1) is 5.82 Å². The van der Waals surface area contributed by atoms with Gasteiger partial charge in [0.05, 0.1) is 43.1 Å². The van der Waals surface area contributed by atoms with Crippen molar-refractivity contribution in [2.24, 2.45) is 0 Å². The normalized spacial score (nSPS) is 20.9. The Balaban J connectivity index is 1.33. The van der Waals surface area contributed by atoms with E-state index in [1.165, 1.54) is 31.4 Å². The minimum atomic E-state index is -3.80. The largest absolute Gasteiger partial charge is 0.497 e. The van der Waals surface area contributed by atoms with Crippen molar-refractivity contribution in [2.45, 2.75) is 49.0 Å². The summed E-state index contributed by atoms with van der Waals surface area (Å²) in [5.74, 6) is 0.130. The van der Waals surface area contributed by atoms with Crippen molar-refractivity contribution in [3.8, 4) is 17.0 Å². The Morgan fingerprint density at radius 1 is 1.24 bits per heavy atom. The van der Waals surface area contributed by atoms with Crippen molar-refractivity contribution >= 4 is 10.0 Å². The number of nitrogens with one attached hydrogen (secondary N) is 1. The molecule has 11 heteroatoms. The Labute approximate surface area is 197 Å². The predicted molar refractivity (Wildman–Crippen MR) is 122 cm³/mol. The van der Waals surface area contributed by atoms with E-state index in [-0.39, 0.29) is 23.4 Å². The molecule has 0 spiro atoms. The fraction of sp³-hybridized carbons (Fsp3) is 0.391. The third-order valence-corrected chi connectivity index (χ3v) is 7.30. The van der Waals surface area contributed by atoms with Crippen molar-refractivity contribution < 1.29 is 27.4 Å². The van der Waals surface area contributed by atoms with E-state index in [9.17, 15) is 17.9 Å². The minimum absolute atomic E-state index is 0.0915. The molecule has 1 aliphatic rings. The summed E-state index contributed by atoms with van der Waals surface area (Å²) in [6.07, 6.45) is 2.74. The summed E-state index contributed by atoms with van der Waals surface area (Å²) in [6, 6.07) is 11.7. The average Bonchev–Trinajstić information content (AvgIpc) is 3.32.